The molecule has 0 aromatic heterocycles. The van der Waals surface area contributed by atoms with E-state index in [4.69, 9.17) is 18.9 Å². The number of benzene rings is 2. The summed E-state index contributed by atoms with van der Waals surface area (Å²) in [6, 6.07) is 11.0. The monoisotopic (exact) mass is 328 g/mol. The lowest BCUT2D eigenvalue weighted by atomic mass is 9.98. The Labute approximate surface area is 141 Å². The van der Waals surface area contributed by atoms with Gasteiger partial charge in [0.05, 0.1) is 27.4 Å². The van der Waals surface area contributed by atoms with Crippen molar-refractivity contribution in [2.45, 2.75) is 12.7 Å². The molecule has 1 saturated heterocycles. The van der Waals surface area contributed by atoms with Crippen LogP contribution in [0.2, 0.25) is 0 Å². The summed E-state index contributed by atoms with van der Waals surface area (Å²) in [6.07, 6.45) is 1.32. The molecule has 0 spiro atoms. The maximum Gasteiger partial charge on any atom is 0.183 e. The molecule has 1 aliphatic rings. The molecule has 1 fully saturated rings. The van der Waals surface area contributed by atoms with Crippen molar-refractivity contribution in [3.8, 4) is 22.6 Å². The van der Waals surface area contributed by atoms with E-state index in [-0.39, 0.29) is 6.29 Å². The van der Waals surface area contributed by atoms with E-state index in [0.29, 0.717) is 30.3 Å². The van der Waals surface area contributed by atoms with Crippen molar-refractivity contribution in [1.29, 1.82) is 0 Å². The predicted octanol–water partition coefficient (Wildman–Crippen LogP) is 3.62. The van der Waals surface area contributed by atoms with Crippen LogP contribution in [0.15, 0.2) is 36.4 Å². The molecule has 2 aromatic carbocycles. The first-order valence-corrected chi connectivity index (χ1v) is 7.81. The van der Waals surface area contributed by atoms with Crippen LogP contribution in [-0.2, 0) is 9.47 Å². The normalized spacial score (nSPS) is 15.1. The molecular formula is C19H20O5. The summed E-state index contributed by atoms with van der Waals surface area (Å²) in [5.74, 6) is 1.36. The van der Waals surface area contributed by atoms with Gasteiger partial charge in [-0.3, -0.25) is 4.79 Å². The topological polar surface area (TPSA) is 54.0 Å². The van der Waals surface area contributed by atoms with Crippen LogP contribution in [0.3, 0.4) is 0 Å². The van der Waals surface area contributed by atoms with Gasteiger partial charge < -0.3 is 18.9 Å². The van der Waals surface area contributed by atoms with E-state index in [1.165, 1.54) is 0 Å². The summed E-state index contributed by atoms with van der Waals surface area (Å²) in [5.41, 5.74) is 3.09. The molecule has 0 saturated carbocycles. The van der Waals surface area contributed by atoms with Crippen LogP contribution in [0.5, 0.6) is 11.5 Å². The summed E-state index contributed by atoms with van der Waals surface area (Å²) in [6.45, 7) is 1.35. The lowest BCUT2D eigenvalue weighted by Gasteiger charge is -2.24. The van der Waals surface area contributed by atoms with Crippen LogP contribution in [0, 0.1) is 0 Å². The first-order chi connectivity index (χ1) is 11.8. The predicted molar refractivity (Wildman–Crippen MR) is 89.6 cm³/mol. The second-order valence-corrected chi connectivity index (χ2v) is 5.46. The van der Waals surface area contributed by atoms with Crippen LogP contribution in [0.1, 0.15) is 28.6 Å². The lowest BCUT2D eigenvalue weighted by molar-refractivity contribution is -0.183. The van der Waals surface area contributed by atoms with Gasteiger partial charge in [-0.1, -0.05) is 6.07 Å². The van der Waals surface area contributed by atoms with E-state index in [0.717, 1.165) is 29.4 Å². The third kappa shape index (κ3) is 3.27. The Kier molecular flexibility index (Phi) is 5.13. The van der Waals surface area contributed by atoms with Gasteiger partial charge in [0.25, 0.3) is 0 Å². The first-order valence-electron chi connectivity index (χ1n) is 7.81. The number of hydrogen-bond donors (Lipinski definition) is 0. The minimum atomic E-state index is -0.386. The number of carbonyl (C=O) groups is 1. The molecule has 5 nitrogen and oxygen atoms in total. The molecule has 0 unspecified atom stereocenters. The Morgan fingerprint density at radius 2 is 1.58 bits per heavy atom. The molecule has 5 heteroatoms. The molecule has 1 aliphatic heterocycles. The third-order valence-corrected chi connectivity index (χ3v) is 3.97. The molecule has 0 radical (unpaired) electrons. The molecule has 1 heterocycles. The number of ether oxygens (including phenoxy) is 4. The Bertz CT molecular complexity index is 720. The van der Waals surface area contributed by atoms with Crippen LogP contribution < -0.4 is 9.47 Å². The van der Waals surface area contributed by atoms with Gasteiger partial charge in [0.1, 0.15) is 17.8 Å². The molecule has 0 amide bonds. The molecule has 0 N–H and O–H groups in total. The highest BCUT2D eigenvalue weighted by molar-refractivity contribution is 5.83. The zero-order valence-corrected chi connectivity index (χ0v) is 13.8. The second-order valence-electron chi connectivity index (χ2n) is 5.46. The highest BCUT2D eigenvalue weighted by atomic mass is 16.7. The van der Waals surface area contributed by atoms with Gasteiger partial charge in [0.2, 0.25) is 0 Å². The summed E-state index contributed by atoms with van der Waals surface area (Å²) < 4.78 is 22.3. The summed E-state index contributed by atoms with van der Waals surface area (Å²) in [5, 5.41) is 0. The van der Waals surface area contributed by atoms with Crippen LogP contribution in [-0.4, -0.2) is 33.7 Å². The first kappa shape index (κ1) is 16.5. The van der Waals surface area contributed by atoms with E-state index < -0.39 is 0 Å². The zero-order chi connectivity index (χ0) is 16.9. The molecule has 2 aromatic rings. The van der Waals surface area contributed by atoms with Gasteiger partial charge >= 0.3 is 0 Å². The van der Waals surface area contributed by atoms with Crippen molar-refractivity contribution < 1.29 is 23.7 Å². The Hall–Kier alpha value is -2.37. The SMILES string of the molecule is COc1ccc(C=O)cc1-c1cc(C2OCCCO2)ccc1OC. The average molecular weight is 328 g/mol. The molecular weight excluding hydrogens is 308 g/mol. The summed E-state index contributed by atoms with van der Waals surface area (Å²) >= 11 is 0. The van der Waals surface area contributed by atoms with Gasteiger partial charge in [-0.2, -0.15) is 0 Å². The zero-order valence-electron chi connectivity index (χ0n) is 13.8. The van der Waals surface area contributed by atoms with Gasteiger partial charge in [0.15, 0.2) is 6.29 Å². The highest BCUT2D eigenvalue weighted by Crippen LogP contribution is 2.39. The van der Waals surface area contributed by atoms with E-state index in [1.54, 1.807) is 32.4 Å². The standard InChI is InChI=1S/C19H20O5/c1-21-17-6-4-13(12-20)10-15(17)16-11-14(5-7-18(16)22-2)19-23-8-3-9-24-19/h4-7,10-12,19H,3,8-9H2,1-2H3. The van der Waals surface area contributed by atoms with Gasteiger partial charge in [0, 0.05) is 22.3 Å². The van der Waals surface area contributed by atoms with Crippen LogP contribution in [0.4, 0.5) is 0 Å². The number of carbonyl (C=O) groups excluding carboxylic acids is 1. The number of rotatable bonds is 5. The largest absolute Gasteiger partial charge is 0.496 e. The molecule has 0 aliphatic carbocycles. The molecule has 3 rings (SSSR count). The Morgan fingerprint density at radius 1 is 0.958 bits per heavy atom. The maximum absolute atomic E-state index is 11.1. The van der Waals surface area contributed by atoms with Crippen molar-refractivity contribution in [3.05, 3.63) is 47.5 Å². The number of hydrogen-bond acceptors (Lipinski definition) is 5. The molecule has 0 bridgehead atoms. The van der Waals surface area contributed by atoms with Crippen molar-refractivity contribution in [2.75, 3.05) is 27.4 Å². The quantitative estimate of drug-likeness (QED) is 0.785. The molecule has 24 heavy (non-hydrogen) atoms. The summed E-state index contributed by atoms with van der Waals surface area (Å²) in [7, 11) is 3.21. The average Bonchev–Trinajstić information content (AvgIpc) is 2.67. The van der Waals surface area contributed by atoms with E-state index in [2.05, 4.69) is 0 Å². The fourth-order valence-corrected chi connectivity index (χ4v) is 2.77. The summed E-state index contributed by atoms with van der Waals surface area (Å²) in [4.78, 5) is 11.1. The molecule has 0 atom stereocenters. The molecule has 126 valence electrons. The minimum absolute atomic E-state index is 0.386. The van der Waals surface area contributed by atoms with Gasteiger partial charge in [-0.15, -0.1) is 0 Å². The fourth-order valence-electron chi connectivity index (χ4n) is 2.77. The van der Waals surface area contributed by atoms with Gasteiger partial charge in [-0.05, 0) is 36.8 Å². The van der Waals surface area contributed by atoms with Crippen molar-refractivity contribution in [3.63, 3.8) is 0 Å². The smallest absolute Gasteiger partial charge is 0.183 e. The maximum atomic E-state index is 11.1. The van der Waals surface area contributed by atoms with E-state index >= 15 is 0 Å². The van der Waals surface area contributed by atoms with Crippen molar-refractivity contribution >= 4 is 6.29 Å². The Morgan fingerprint density at radius 3 is 2.21 bits per heavy atom. The minimum Gasteiger partial charge on any atom is -0.496 e. The Balaban J connectivity index is 2.09. The van der Waals surface area contributed by atoms with Crippen LogP contribution in [0.25, 0.3) is 11.1 Å². The number of aldehydes is 1. The fraction of sp³-hybridized carbons (Fsp3) is 0.316. The second kappa shape index (κ2) is 7.47. The van der Waals surface area contributed by atoms with E-state index in [1.807, 2.05) is 18.2 Å². The lowest BCUT2D eigenvalue weighted by Crippen LogP contribution is -2.17. The van der Waals surface area contributed by atoms with Gasteiger partial charge in [-0.25, -0.2) is 0 Å². The van der Waals surface area contributed by atoms with Crippen LogP contribution >= 0.6 is 0 Å². The van der Waals surface area contributed by atoms with E-state index in [9.17, 15) is 4.79 Å². The third-order valence-electron chi connectivity index (χ3n) is 3.97. The highest BCUT2D eigenvalue weighted by Gasteiger charge is 2.20. The van der Waals surface area contributed by atoms with Crippen molar-refractivity contribution in [2.24, 2.45) is 0 Å². The van der Waals surface area contributed by atoms with Crippen molar-refractivity contribution in [1.82, 2.24) is 0 Å². The number of methoxy groups -OCH3 is 2.